The van der Waals surface area contributed by atoms with E-state index in [0.717, 1.165) is 38.9 Å². The van der Waals surface area contributed by atoms with Gasteiger partial charge in [-0.3, -0.25) is 14.6 Å². The van der Waals surface area contributed by atoms with E-state index in [9.17, 15) is 9.59 Å². The first-order valence-electron chi connectivity index (χ1n) is 8.51. The van der Waals surface area contributed by atoms with Crippen molar-refractivity contribution in [3.05, 3.63) is 24.0 Å². The van der Waals surface area contributed by atoms with Crippen LogP contribution < -0.4 is 10.6 Å². The van der Waals surface area contributed by atoms with Gasteiger partial charge in [-0.25, -0.2) is 0 Å². The maximum absolute atomic E-state index is 12.5. The van der Waals surface area contributed by atoms with Crippen LogP contribution in [0.3, 0.4) is 0 Å². The Labute approximate surface area is 140 Å². The highest BCUT2D eigenvalue weighted by molar-refractivity contribution is 5.97. The van der Waals surface area contributed by atoms with E-state index in [1.165, 1.54) is 0 Å². The topological polar surface area (TPSA) is 83.6 Å². The molecule has 4 heterocycles. The minimum Gasteiger partial charge on any atom is -0.365 e. The van der Waals surface area contributed by atoms with Crippen LogP contribution in [0.4, 0.5) is 5.69 Å². The Bertz CT molecular complexity index is 666. The van der Waals surface area contributed by atoms with Crippen molar-refractivity contribution < 1.29 is 14.3 Å². The Morgan fingerprint density at radius 2 is 2.21 bits per heavy atom. The lowest BCUT2D eigenvalue weighted by atomic mass is 9.80. The van der Waals surface area contributed by atoms with Gasteiger partial charge in [-0.1, -0.05) is 0 Å². The van der Waals surface area contributed by atoms with Crippen LogP contribution in [0.15, 0.2) is 18.3 Å². The molecule has 2 N–H and O–H groups in total. The van der Waals surface area contributed by atoms with Crippen molar-refractivity contribution in [1.29, 1.82) is 0 Å². The molecule has 2 unspecified atom stereocenters. The molecule has 3 fully saturated rings. The summed E-state index contributed by atoms with van der Waals surface area (Å²) in [5.41, 5.74) is 1.10. The van der Waals surface area contributed by atoms with Crippen LogP contribution in [0.5, 0.6) is 0 Å². The van der Waals surface area contributed by atoms with Crippen LogP contribution >= 0.6 is 0 Å². The quantitative estimate of drug-likeness (QED) is 0.855. The number of pyridine rings is 1. The normalized spacial score (nSPS) is 27.5. The number of hydrogen-bond acceptors (Lipinski definition) is 5. The van der Waals surface area contributed by atoms with Gasteiger partial charge in [0.05, 0.1) is 11.6 Å². The van der Waals surface area contributed by atoms with Crippen molar-refractivity contribution in [2.24, 2.45) is 0 Å². The summed E-state index contributed by atoms with van der Waals surface area (Å²) in [5, 5.41) is 6.21. The fraction of sp³-hybridized carbons (Fsp3) is 0.588. The van der Waals surface area contributed by atoms with Crippen molar-refractivity contribution in [2.45, 2.75) is 43.9 Å². The summed E-state index contributed by atoms with van der Waals surface area (Å²) in [4.78, 5) is 30.7. The molecule has 0 bridgehead atoms. The lowest BCUT2D eigenvalue weighted by Crippen LogP contribution is -2.76. The number of amides is 2. The average Bonchev–Trinajstić information content (AvgIpc) is 2.91. The first kappa shape index (κ1) is 15.5. The van der Waals surface area contributed by atoms with Crippen molar-refractivity contribution in [3.63, 3.8) is 0 Å². The maximum Gasteiger partial charge on any atom is 0.272 e. The highest BCUT2D eigenvalue weighted by Gasteiger charge is 2.49. The van der Waals surface area contributed by atoms with Crippen molar-refractivity contribution in [1.82, 2.24) is 15.2 Å². The molecule has 7 heteroatoms. The molecule has 3 aliphatic rings. The lowest BCUT2D eigenvalue weighted by molar-refractivity contribution is -0.126. The number of nitrogens with one attached hydrogen (secondary N) is 2. The van der Waals surface area contributed by atoms with Crippen LogP contribution in [0, 0.1) is 0 Å². The molecule has 7 nitrogen and oxygen atoms in total. The monoisotopic (exact) mass is 330 g/mol. The van der Waals surface area contributed by atoms with E-state index in [1.54, 1.807) is 23.2 Å². The molecule has 1 spiro atoms. The number of rotatable bonds is 3. The van der Waals surface area contributed by atoms with Crippen molar-refractivity contribution in [3.8, 4) is 0 Å². The van der Waals surface area contributed by atoms with Gasteiger partial charge in [0, 0.05) is 25.0 Å². The van der Waals surface area contributed by atoms with E-state index in [0.29, 0.717) is 11.4 Å². The number of aromatic nitrogens is 1. The number of anilines is 1. The second-order valence-corrected chi connectivity index (χ2v) is 7.05. The Morgan fingerprint density at radius 3 is 2.83 bits per heavy atom. The summed E-state index contributed by atoms with van der Waals surface area (Å²) in [7, 11) is 0. The Hall–Kier alpha value is -1.99. The van der Waals surface area contributed by atoms with E-state index in [4.69, 9.17) is 4.74 Å². The van der Waals surface area contributed by atoms with Gasteiger partial charge in [-0.15, -0.1) is 0 Å². The predicted molar refractivity (Wildman–Crippen MR) is 87.7 cm³/mol. The molecule has 0 aromatic carbocycles. The number of nitrogens with zero attached hydrogens (tertiary/aromatic N) is 2. The minimum atomic E-state index is -0.410. The van der Waals surface area contributed by atoms with Crippen LogP contribution in [0.25, 0.3) is 0 Å². The summed E-state index contributed by atoms with van der Waals surface area (Å²) in [5.74, 6) is -0.248. The van der Waals surface area contributed by atoms with E-state index in [1.807, 2.05) is 6.92 Å². The largest absolute Gasteiger partial charge is 0.365 e. The average molecular weight is 330 g/mol. The van der Waals surface area contributed by atoms with E-state index in [-0.39, 0.29) is 23.5 Å². The summed E-state index contributed by atoms with van der Waals surface area (Å²) < 4.78 is 5.57. The fourth-order valence-corrected chi connectivity index (χ4v) is 3.58. The molecular formula is C17H22N4O3. The molecular weight excluding hydrogens is 308 g/mol. The van der Waals surface area contributed by atoms with Gasteiger partial charge in [-0.2, -0.15) is 0 Å². The van der Waals surface area contributed by atoms with E-state index in [2.05, 4.69) is 15.6 Å². The Balaban J connectivity index is 1.38. The molecule has 1 aromatic rings. The van der Waals surface area contributed by atoms with Crippen LogP contribution in [-0.2, 0) is 9.53 Å². The van der Waals surface area contributed by atoms with Gasteiger partial charge in [0.25, 0.3) is 11.8 Å². The van der Waals surface area contributed by atoms with Gasteiger partial charge < -0.3 is 20.3 Å². The van der Waals surface area contributed by atoms with E-state index >= 15 is 0 Å². The third-order valence-electron chi connectivity index (χ3n) is 5.15. The lowest BCUT2D eigenvalue weighted by Gasteiger charge is -2.56. The molecule has 1 aromatic heterocycles. The van der Waals surface area contributed by atoms with Gasteiger partial charge in [0.15, 0.2) is 0 Å². The number of likely N-dealkylation sites (tertiary alicyclic amines) is 1. The third kappa shape index (κ3) is 2.78. The zero-order valence-electron chi connectivity index (χ0n) is 13.7. The first-order valence-corrected chi connectivity index (χ1v) is 8.51. The Kier molecular flexibility index (Phi) is 3.77. The molecule has 3 aliphatic heterocycles. The van der Waals surface area contributed by atoms with Gasteiger partial charge >= 0.3 is 0 Å². The summed E-state index contributed by atoms with van der Waals surface area (Å²) in [6.45, 7) is 4.47. The Morgan fingerprint density at radius 1 is 1.42 bits per heavy atom. The number of ether oxygens (including phenoxy) is 1. The molecule has 2 atom stereocenters. The maximum atomic E-state index is 12.5. The summed E-state index contributed by atoms with van der Waals surface area (Å²) in [6, 6.07) is 3.33. The highest BCUT2D eigenvalue weighted by atomic mass is 16.5. The summed E-state index contributed by atoms with van der Waals surface area (Å²) in [6.07, 6.45) is 4.01. The molecule has 4 rings (SSSR count). The predicted octanol–water partition coefficient (Wildman–Crippen LogP) is 0.776. The molecule has 0 radical (unpaired) electrons. The number of hydrogen-bond donors (Lipinski definition) is 2. The minimum absolute atomic E-state index is 0.0869. The fourth-order valence-electron chi connectivity index (χ4n) is 3.58. The van der Waals surface area contributed by atoms with Crippen LogP contribution in [0.1, 0.15) is 36.7 Å². The molecule has 0 saturated carbocycles. The smallest absolute Gasteiger partial charge is 0.272 e. The standard InChI is InChI=1S/C17H22N4O3/c1-11-2-3-14(24-11)15(22)20-12-4-6-18-13(8-12)16(23)21-9-17(10-21)5-7-19-17/h4,6,8,11,14,19H,2-3,5,7,9-10H2,1H3,(H,18,20,22). The third-order valence-corrected chi connectivity index (χ3v) is 5.15. The second-order valence-electron chi connectivity index (χ2n) is 7.05. The molecule has 0 aliphatic carbocycles. The van der Waals surface area contributed by atoms with Crippen LogP contribution in [-0.4, -0.2) is 59.1 Å². The second kappa shape index (κ2) is 5.82. The van der Waals surface area contributed by atoms with E-state index < -0.39 is 6.10 Å². The van der Waals surface area contributed by atoms with Gasteiger partial charge in [0.2, 0.25) is 0 Å². The van der Waals surface area contributed by atoms with Gasteiger partial charge in [0.1, 0.15) is 11.8 Å². The molecule has 3 saturated heterocycles. The van der Waals surface area contributed by atoms with Crippen molar-refractivity contribution >= 4 is 17.5 Å². The first-order chi connectivity index (χ1) is 11.5. The SMILES string of the molecule is CC1CCC(C(=O)Nc2ccnc(C(=O)N3CC4(CCN4)C3)c2)O1. The zero-order chi connectivity index (χ0) is 16.7. The molecule has 24 heavy (non-hydrogen) atoms. The van der Waals surface area contributed by atoms with Crippen LogP contribution in [0.2, 0.25) is 0 Å². The van der Waals surface area contributed by atoms with Gasteiger partial charge in [-0.05, 0) is 44.9 Å². The number of carbonyl (C=O) groups excluding carboxylic acids is 2. The zero-order valence-corrected chi connectivity index (χ0v) is 13.7. The van der Waals surface area contributed by atoms with Crippen molar-refractivity contribution in [2.75, 3.05) is 25.0 Å². The highest BCUT2D eigenvalue weighted by Crippen LogP contribution is 2.31. The summed E-state index contributed by atoms with van der Waals surface area (Å²) >= 11 is 0. The molecule has 2 amide bonds. The number of carbonyl (C=O) groups is 2. The molecule has 128 valence electrons.